The van der Waals surface area contributed by atoms with Crippen LogP contribution in [0.15, 0.2) is 52.1 Å². The second-order valence-corrected chi connectivity index (χ2v) is 9.78. The summed E-state index contributed by atoms with van der Waals surface area (Å²) in [5.74, 6) is 1.22. The Labute approximate surface area is 219 Å². The van der Waals surface area contributed by atoms with Crippen molar-refractivity contribution >= 4 is 51.4 Å². The fourth-order valence-corrected chi connectivity index (χ4v) is 4.58. The van der Waals surface area contributed by atoms with Crippen LogP contribution in [0.1, 0.15) is 31.9 Å². The zero-order chi connectivity index (χ0) is 25.8. The van der Waals surface area contributed by atoms with E-state index in [9.17, 15) is 4.79 Å². The Morgan fingerprint density at radius 1 is 1.14 bits per heavy atom. The molecule has 0 spiro atoms. The van der Waals surface area contributed by atoms with E-state index in [0.717, 1.165) is 16.4 Å². The van der Waals surface area contributed by atoms with Gasteiger partial charge in [-0.2, -0.15) is 15.1 Å². The third-order valence-electron chi connectivity index (χ3n) is 5.23. The van der Waals surface area contributed by atoms with Gasteiger partial charge < -0.3 is 14.2 Å². The van der Waals surface area contributed by atoms with Crippen LogP contribution in [0.3, 0.4) is 0 Å². The number of halogens is 1. The van der Waals surface area contributed by atoms with Crippen LogP contribution in [0, 0.1) is 18.3 Å². The van der Waals surface area contributed by atoms with E-state index in [-0.39, 0.29) is 23.9 Å². The van der Waals surface area contributed by atoms with Crippen molar-refractivity contribution in [3.63, 3.8) is 0 Å². The summed E-state index contributed by atoms with van der Waals surface area (Å²) in [6.07, 6.45) is 1.57. The molecule has 2 aromatic carbocycles. The number of aryl methyl sites for hydroxylation is 1. The predicted octanol–water partition coefficient (Wildman–Crippen LogP) is 5.78. The van der Waals surface area contributed by atoms with E-state index in [1.54, 1.807) is 18.2 Å². The summed E-state index contributed by atoms with van der Waals surface area (Å²) >= 11 is 7.85. The highest BCUT2D eigenvalue weighted by Gasteiger charge is 2.36. The number of hydrogen-bond donors (Lipinski definition) is 1. The predicted molar refractivity (Wildman–Crippen MR) is 145 cm³/mol. The molecule has 0 radical (unpaired) electrons. The van der Waals surface area contributed by atoms with Crippen LogP contribution in [-0.2, 0) is 4.79 Å². The molecule has 2 aliphatic rings. The lowest BCUT2D eigenvalue weighted by Crippen LogP contribution is -2.35. The number of carbonyl (C=O) groups excluding carboxylic acids is 1. The van der Waals surface area contributed by atoms with Gasteiger partial charge in [0, 0.05) is 5.92 Å². The molecule has 0 fully saturated rings. The maximum Gasteiger partial charge on any atom is 0.283 e. The summed E-state index contributed by atoms with van der Waals surface area (Å²) in [6.45, 7) is 8.86. The van der Waals surface area contributed by atoms with Crippen molar-refractivity contribution in [1.82, 2.24) is 5.01 Å². The molecule has 0 aromatic heterocycles. The van der Waals surface area contributed by atoms with Gasteiger partial charge in [-0.05, 0) is 61.5 Å². The van der Waals surface area contributed by atoms with Gasteiger partial charge >= 0.3 is 0 Å². The standard InChI is InChI=1S/C26H27ClN4O4S/c1-5-33-21-14-17(12-19-23(28)31-26(29-24(19)32)36-25(30-31)15(2)3)13-20(27)22(21)35-11-10-34-18-8-6-16(4)7-9-18/h6-9,12-15,28H,5,10-11H2,1-4H3/b19-12-,28-23?. The van der Waals surface area contributed by atoms with Crippen LogP contribution in [0.5, 0.6) is 17.2 Å². The maximum absolute atomic E-state index is 12.7. The summed E-state index contributed by atoms with van der Waals surface area (Å²) in [7, 11) is 0. The normalized spacial score (nSPS) is 16.3. The number of nitrogens with one attached hydrogen (secondary N) is 1. The molecule has 0 saturated carbocycles. The highest BCUT2D eigenvalue weighted by Crippen LogP contribution is 2.38. The monoisotopic (exact) mass is 526 g/mol. The SMILES string of the molecule is CCOc1cc(/C=C2/C(=N)N3N=C(C(C)C)SC3=NC2=O)cc(Cl)c1OCCOc1ccc(C)cc1. The number of hydrazone groups is 1. The number of amidine groups is 2. The molecule has 0 unspecified atom stereocenters. The Kier molecular flexibility index (Phi) is 8.01. The second kappa shape index (κ2) is 11.2. The first-order valence-electron chi connectivity index (χ1n) is 11.6. The van der Waals surface area contributed by atoms with E-state index in [0.29, 0.717) is 40.5 Å². The van der Waals surface area contributed by atoms with Crippen molar-refractivity contribution in [1.29, 1.82) is 5.41 Å². The number of hydrogen-bond acceptors (Lipinski definition) is 7. The van der Waals surface area contributed by atoms with Gasteiger partial charge in [0.1, 0.15) is 24.0 Å². The highest BCUT2D eigenvalue weighted by atomic mass is 35.5. The Bertz CT molecular complexity index is 1270. The fraction of sp³-hybridized carbons (Fsp3) is 0.308. The third-order valence-corrected chi connectivity index (χ3v) is 6.72. The van der Waals surface area contributed by atoms with E-state index in [1.165, 1.54) is 16.8 Å². The summed E-state index contributed by atoms with van der Waals surface area (Å²) < 4.78 is 17.4. The number of nitrogens with zero attached hydrogens (tertiary/aromatic N) is 3. The molecule has 0 bridgehead atoms. The van der Waals surface area contributed by atoms with Crippen molar-refractivity contribution in [2.75, 3.05) is 19.8 Å². The van der Waals surface area contributed by atoms with Crippen molar-refractivity contribution < 1.29 is 19.0 Å². The average molecular weight is 527 g/mol. The molecule has 0 atom stereocenters. The molecule has 2 aromatic rings. The lowest BCUT2D eigenvalue weighted by atomic mass is 10.1. The average Bonchev–Trinajstić information content (AvgIpc) is 3.27. The molecule has 10 heteroatoms. The van der Waals surface area contributed by atoms with Crippen LogP contribution in [-0.4, -0.2) is 46.8 Å². The smallest absolute Gasteiger partial charge is 0.283 e. The zero-order valence-electron chi connectivity index (χ0n) is 20.5. The molecule has 0 aliphatic carbocycles. The molecule has 0 saturated heterocycles. The second-order valence-electron chi connectivity index (χ2n) is 8.39. The number of ether oxygens (including phenoxy) is 3. The topological polar surface area (TPSA) is 96.6 Å². The van der Waals surface area contributed by atoms with E-state index in [4.69, 9.17) is 31.2 Å². The number of thioether (sulfide) groups is 1. The lowest BCUT2D eigenvalue weighted by Gasteiger charge is -2.20. The Morgan fingerprint density at radius 2 is 1.86 bits per heavy atom. The molecule has 2 aliphatic heterocycles. The number of fused-ring (bicyclic) bond motifs is 1. The first kappa shape index (κ1) is 25.8. The van der Waals surface area contributed by atoms with Gasteiger partial charge in [-0.15, -0.1) is 0 Å². The molecular formula is C26H27ClN4O4S. The van der Waals surface area contributed by atoms with Crippen molar-refractivity contribution in [2.45, 2.75) is 27.7 Å². The minimum absolute atomic E-state index is 0.0317. The molecule has 1 N–H and O–H groups in total. The van der Waals surface area contributed by atoms with E-state index >= 15 is 0 Å². The largest absolute Gasteiger partial charge is 0.490 e. The number of carbonyl (C=O) groups is 1. The Hall–Kier alpha value is -3.30. The third kappa shape index (κ3) is 5.74. The van der Waals surface area contributed by atoms with Crippen LogP contribution in [0.2, 0.25) is 5.02 Å². The zero-order valence-corrected chi connectivity index (χ0v) is 22.1. The number of rotatable bonds is 9. The minimum Gasteiger partial charge on any atom is -0.490 e. The van der Waals surface area contributed by atoms with Crippen LogP contribution >= 0.6 is 23.4 Å². The first-order valence-corrected chi connectivity index (χ1v) is 12.7. The van der Waals surface area contributed by atoms with Gasteiger partial charge in [-0.25, -0.2) is 0 Å². The maximum atomic E-state index is 12.7. The quantitative estimate of drug-likeness (QED) is 0.328. The molecular weight excluding hydrogens is 500 g/mol. The van der Waals surface area contributed by atoms with E-state index in [2.05, 4.69) is 10.1 Å². The van der Waals surface area contributed by atoms with Gasteiger partial charge in [-0.1, -0.05) is 43.1 Å². The van der Waals surface area contributed by atoms with Crippen LogP contribution in [0.25, 0.3) is 6.08 Å². The van der Waals surface area contributed by atoms with E-state index in [1.807, 2.05) is 52.0 Å². The Balaban J connectivity index is 1.51. The molecule has 8 nitrogen and oxygen atoms in total. The van der Waals surface area contributed by atoms with Crippen molar-refractivity contribution in [3.05, 3.63) is 58.1 Å². The molecule has 4 rings (SSSR count). The minimum atomic E-state index is -0.499. The van der Waals surface area contributed by atoms with Gasteiger partial charge in [0.25, 0.3) is 5.91 Å². The van der Waals surface area contributed by atoms with E-state index < -0.39 is 5.91 Å². The first-order chi connectivity index (χ1) is 17.3. The van der Waals surface area contributed by atoms with Crippen molar-refractivity contribution in [3.8, 4) is 17.2 Å². The summed E-state index contributed by atoms with van der Waals surface area (Å²) in [5.41, 5.74) is 1.86. The number of benzene rings is 2. The highest BCUT2D eigenvalue weighted by molar-refractivity contribution is 8.27. The summed E-state index contributed by atoms with van der Waals surface area (Å²) in [4.78, 5) is 16.8. The molecule has 188 valence electrons. The molecule has 36 heavy (non-hydrogen) atoms. The van der Waals surface area contributed by atoms with Crippen LogP contribution < -0.4 is 14.2 Å². The molecule has 1 amide bonds. The number of amides is 1. The van der Waals surface area contributed by atoms with Gasteiger partial charge in [0.05, 0.1) is 17.2 Å². The lowest BCUT2D eigenvalue weighted by molar-refractivity contribution is -0.114. The fourth-order valence-electron chi connectivity index (χ4n) is 3.42. The summed E-state index contributed by atoms with van der Waals surface area (Å²) in [5, 5.41) is 15.9. The molecule has 2 heterocycles. The van der Waals surface area contributed by atoms with Gasteiger partial charge in [0.2, 0.25) is 5.17 Å². The Morgan fingerprint density at radius 3 is 2.56 bits per heavy atom. The van der Waals surface area contributed by atoms with Gasteiger partial charge in [-0.3, -0.25) is 10.2 Å². The van der Waals surface area contributed by atoms with Gasteiger partial charge in [0.15, 0.2) is 17.3 Å². The summed E-state index contributed by atoms with van der Waals surface area (Å²) in [6, 6.07) is 11.2. The van der Waals surface area contributed by atoms with Crippen LogP contribution in [0.4, 0.5) is 0 Å². The van der Waals surface area contributed by atoms with Crippen molar-refractivity contribution in [2.24, 2.45) is 16.0 Å². The number of aliphatic imine (C=N–C) groups is 1.